The Morgan fingerprint density at radius 1 is 1.73 bits per heavy atom. The Morgan fingerprint density at radius 3 is 2.91 bits per heavy atom. The molecule has 0 radical (unpaired) electrons. The van der Waals surface area contributed by atoms with Gasteiger partial charge in [-0.15, -0.1) is 0 Å². The largest absolute Gasteiger partial charge is 0.453 e. The molecule has 1 aliphatic rings. The molecular weight excluding hydrogens is 142 g/mol. The smallest absolute Gasteiger partial charge is 0.409 e. The molecule has 1 unspecified atom stereocenters. The lowest BCUT2D eigenvalue weighted by Crippen LogP contribution is -2.28. The number of nitrogens with zero attached hydrogens (tertiary/aromatic N) is 1. The van der Waals surface area contributed by atoms with Crippen molar-refractivity contribution in [1.82, 2.24) is 4.90 Å². The first kappa shape index (κ1) is 8.37. The molecule has 0 bridgehead atoms. The maximum atomic E-state index is 11.0. The molecule has 11 heavy (non-hydrogen) atoms. The first-order chi connectivity index (χ1) is 5.27. The van der Waals surface area contributed by atoms with Crippen molar-refractivity contribution in [3.63, 3.8) is 0 Å². The highest BCUT2D eigenvalue weighted by molar-refractivity contribution is 5.67. The highest BCUT2D eigenvalue weighted by atomic mass is 16.5. The van der Waals surface area contributed by atoms with Gasteiger partial charge in [0.15, 0.2) is 0 Å². The van der Waals surface area contributed by atoms with Crippen LogP contribution in [-0.4, -0.2) is 31.2 Å². The Balaban J connectivity index is 2.35. The first-order valence-electron chi connectivity index (χ1n) is 4.10. The summed E-state index contributed by atoms with van der Waals surface area (Å²) < 4.78 is 4.61. The minimum absolute atomic E-state index is 0.180. The zero-order chi connectivity index (χ0) is 8.27. The van der Waals surface area contributed by atoms with Crippen LogP contribution in [0.15, 0.2) is 0 Å². The predicted molar refractivity (Wildman–Crippen MR) is 42.4 cm³/mol. The zero-order valence-corrected chi connectivity index (χ0v) is 7.17. The Morgan fingerprint density at radius 2 is 2.45 bits per heavy atom. The number of carbonyl (C=O) groups excluding carboxylic acids is 1. The second kappa shape index (κ2) is 3.60. The molecule has 0 aromatic rings. The standard InChI is InChI=1S/C8H15NO2/c1-3-7-4-5-9(6-7)8(10)11-2/h7H,3-6H2,1-2H3. The summed E-state index contributed by atoms with van der Waals surface area (Å²) in [7, 11) is 1.43. The molecule has 3 heteroatoms. The van der Waals surface area contributed by atoms with Crippen molar-refractivity contribution >= 4 is 6.09 Å². The minimum atomic E-state index is -0.180. The molecule has 3 nitrogen and oxygen atoms in total. The lowest BCUT2D eigenvalue weighted by molar-refractivity contribution is 0.131. The summed E-state index contributed by atoms with van der Waals surface area (Å²) >= 11 is 0. The topological polar surface area (TPSA) is 29.5 Å². The monoisotopic (exact) mass is 157 g/mol. The molecule has 1 saturated heterocycles. The first-order valence-corrected chi connectivity index (χ1v) is 4.10. The molecule has 1 heterocycles. The fourth-order valence-electron chi connectivity index (χ4n) is 1.46. The second-order valence-corrected chi connectivity index (χ2v) is 2.98. The molecule has 0 aromatic heterocycles. The minimum Gasteiger partial charge on any atom is -0.453 e. The van der Waals surface area contributed by atoms with Crippen molar-refractivity contribution in [2.75, 3.05) is 20.2 Å². The molecular formula is C8H15NO2. The van der Waals surface area contributed by atoms with Crippen LogP contribution in [0.25, 0.3) is 0 Å². The van der Waals surface area contributed by atoms with Crippen LogP contribution in [0.5, 0.6) is 0 Å². The third kappa shape index (κ3) is 1.85. The third-order valence-corrected chi connectivity index (χ3v) is 2.30. The van der Waals surface area contributed by atoms with E-state index >= 15 is 0 Å². The van der Waals surface area contributed by atoms with Gasteiger partial charge in [0.05, 0.1) is 7.11 Å². The van der Waals surface area contributed by atoms with Crippen LogP contribution in [0.2, 0.25) is 0 Å². The number of rotatable bonds is 1. The maximum Gasteiger partial charge on any atom is 0.409 e. The Bertz CT molecular complexity index is 147. The van der Waals surface area contributed by atoms with E-state index in [0.717, 1.165) is 25.9 Å². The van der Waals surface area contributed by atoms with E-state index in [1.807, 2.05) is 0 Å². The van der Waals surface area contributed by atoms with Gasteiger partial charge in [0.1, 0.15) is 0 Å². The van der Waals surface area contributed by atoms with Crippen LogP contribution in [0.4, 0.5) is 4.79 Å². The summed E-state index contributed by atoms with van der Waals surface area (Å²) in [5.41, 5.74) is 0. The van der Waals surface area contributed by atoms with Crippen LogP contribution in [0, 0.1) is 5.92 Å². The van der Waals surface area contributed by atoms with Gasteiger partial charge >= 0.3 is 6.09 Å². The molecule has 0 aromatic carbocycles. The maximum absolute atomic E-state index is 11.0. The van der Waals surface area contributed by atoms with E-state index in [9.17, 15) is 4.79 Å². The van der Waals surface area contributed by atoms with E-state index in [1.54, 1.807) is 4.90 Å². The molecule has 0 saturated carbocycles. The fraction of sp³-hybridized carbons (Fsp3) is 0.875. The van der Waals surface area contributed by atoms with E-state index in [0.29, 0.717) is 5.92 Å². The molecule has 1 amide bonds. The quantitative estimate of drug-likeness (QED) is 0.577. The number of amides is 1. The van der Waals surface area contributed by atoms with Crippen molar-refractivity contribution < 1.29 is 9.53 Å². The number of ether oxygens (including phenoxy) is 1. The molecule has 0 spiro atoms. The zero-order valence-electron chi connectivity index (χ0n) is 7.17. The predicted octanol–water partition coefficient (Wildman–Crippen LogP) is 1.48. The van der Waals surface area contributed by atoms with Gasteiger partial charge in [0, 0.05) is 13.1 Å². The summed E-state index contributed by atoms with van der Waals surface area (Å²) in [6, 6.07) is 0. The van der Waals surface area contributed by atoms with Crippen molar-refractivity contribution in [3.05, 3.63) is 0 Å². The van der Waals surface area contributed by atoms with Crippen LogP contribution in [-0.2, 0) is 4.74 Å². The van der Waals surface area contributed by atoms with Crippen LogP contribution >= 0.6 is 0 Å². The van der Waals surface area contributed by atoms with E-state index in [-0.39, 0.29) is 6.09 Å². The number of hydrogen-bond acceptors (Lipinski definition) is 2. The Kier molecular flexibility index (Phi) is 2.74. The van der Waals surface area contributed by atoms with Crippen molar-refractivity contribution in [2.24, 2.45) is 5.92 Å². The lowest BCUT2D eigenvalue weighted by Gasteiger charge is -2.13. The molecule has 1 aliphatic heterocycles. The molecule has 0 aliphatic carbocycles. The summed E-state index contributed by atoms with van der Waals surface area (Å²) in [4.78, 5) is 12.8. The summed E-state index contributed by atoms with van der Waals surface area (Å²) in [5, 5.41) is 0. The normalized spacial score (nSPS) is 23.8. The molecule has 1 atom stereocenters. The number of carbonyl (C=O) groups is 1. The van der Waals surface area contributed by atoms with Gasteiger partial charge < -0.3 is 9.64 Å². The van der Waals surface area contributed by atoms with E-state index in [2.05, 4.69) is 11.7 Å². The van der Waals surface area contributed by atoms with Gasteiger partial charge in [-0.3, -0.25) is 0 Å². The Labute approximate surface area is 67.3 Å². The number of methoxy groups -OCH3 is 1. The lowest BCUT2D eigenvalue weighted by atomic mass is 10.1. The highest BCUT2D eigenvalue weighted by Gasteiger charge is 2.24. The van der Waals surface area contributed by atoms with Crippen molar-refractivity contribution in [1.29, 1.82) is 0 Å². The van der Waals surface area contributed by atoms with Gasteiger partial charge in [0.2, 0.25) is 0 Å². The average Bonchev–Trinajstić information content (AvgIpc) is 2.50. The number of likely N-dealkylation sites (tertiary alicyclic amines) is 1. The Hall–Kier alpha value is -0.730. The van der Waals surface area contributed by atoms with Gasteiger partial charge in [-0.1, -0.05) is 13.3 Å². The SMILES string of the molecule is CCC1CCN(C(=O)OC)C1. The highest BCUT2D eigenvalue weighted by Crippen LogP contribution is 2.19. The number of hydrogen-bond donors (Lipinski definition) is 0. The van der Waals surface area contributed by atoms with E-state index < -0.39 is 0 Å². The van der Waals surface area contributed by atoms with Gasteiger partial charge in [-0.05, 0) is 12.3 Å². The van der Waals surface area contributed by atoms with Crippen LogP contribution in [0.3, 0.4) is 0 Å². The molecule has 1 fully saturated rings. The molecule has 64 valence electrons. The van der Waals surface area contributed by atoms with Crippen molar-refractivity contribution in [3.8, 4) is 0 Å². The van der Waals surface area contributed by atoms with Gasteiger partial charge in [-0.25, -0.2) is 4.79 Å². The summed E-state index contributed by atoms with van der Waals surface area (Å²) in [5.74, 6) is 0.689. The fourth-order valence-corrected chi connectivity index (χ4v) is 1.46. The van der Waals surface area contributed by atoms with Crippen LogP contribution < -0.4 is 0 Å². The second-order valence-electron chi connectivity index (χ2n) is 2.98. The summed E-state index contributed by atoms with van der Waals surface area (Å²) in [6.07, 6.45) is 2.11. The third-order valence-electron chi connectivity index (χ3n) is 2.30. The van der Waals surface area contributed by atoms with Gasteiger partial charge in [-0.2, -0.15) is 0 Å². The van der Waals surface area contributed by atoms with E-state index in [4.69, 9.17) is 0 Å². The van der Waals surface area contributed by atoms with Crippen LogP contribution in [0.1, 0.15) is 19.8 Å². The average molecular weight is 157 g/mol. The van der Waals surface area contributed by atoms with Gasteiger partial charge in [0.25, 0.3) is 0 Å². The summed E-state index contributed by atoms with van der Waals surface area (Å²) in [6.45, 7) is 3.90. The molecule has 0 N–H and O–H groups in total. The van der Waals surface area contributed by atoms with E-state index in [1.165, 1.54) is 7.11 Å². The molecule has 1 rings (SSSR count). The van der Waals surface area contributed by atoms with Crippen molar-refractivity contribution in [2.45, 2.75) is 19.8 Å².